The minimum Gasteiger partial charge on any atom is -0.360 e. The van der Waals surface area contributed by atoms with Crippen LogP contribution in [0.5, 0.6) is 0 Å². The van der Waals surface area contributed by atoms with Crippen molar-refractivity contribution in [2.45, 2.75) is 36.4 Å². The Morgan fingerprint density at radius 3 is 2.56 bits per heavy atom. The molecule has 1 heterocycles. The Morgan fingerprint density at radius 2 is 1.88 bits per heavy atom. The molecular weight excluding hydrogens is 346 g/mol. The van der Waals surface area contributed by atoms with Crippen molar-refractivity contribution in [3.63, 3.8) is 0 Å². The molecule has 9 heteroatoms. The number of rotatable bonds is 5. The number of nitrogens with one attached hydrogen (secondary N) is 2. The van der Waals surface area contributed by atoms with Crippen LogP contribution < -0.4 is 10.6 Å². The molecule has 3 rings (SSSR count). The normalized spacial score (nSPS) is 21.5. The van der Waals surface area contributed by atoms with Crippen LogP contribution in [0.1, 0.15) is 19.3 Å². The lowest BCUT2D eigenvalue weighted by Crippen LogP contribution is -2.53. The molecule has 2 amide bonds. The molecule has 1 aliphatic carbocycles. The number of sulfonamides is 1. The third-order valence-electron chi connectivity index (χ3n) is 4.06. The predicted octanol–water partition coefficient (Wildman–Crippen LogP) is -0.181. The van der Waals surface area contributed by atoms with Gasteiger partial charge in [0.05, 0.1) is 18.0 Å². The fourth-order valence-electron chi connectivity index (χ4n) is 2.57. The van der Waals surface area contributed by atoms with Crippen LogP contribution in [-0.4, -0.2) is 56.5 Å². The molecule has 1 unspecified atom stereocenters. The molecule has 25 heavy (non-hydrogen) atoms. The first-order chi connectivity index (χ1) is 12.0. The van der Waals surface area contributed by atoms with Crippen molar-refractivity contribution < 1.29 is 22.7 Å². The lowest BCUT2D eigenvalue weighted by atomic mass is 10.3. The standard InChI is InChI=1S/C16H21N3O5S/c20-15(16(21)18-12-7-8-12)17-11-14-19(9-4-10-24-14)25(22,23)13-5-2-1-3-6-13/h1-3,5-6,12,14H,4,7-11H2,(H,17,20)(H,18,21). The number of amides is 2. The molecule has 1 saturated heterocycles. The SMILES string of the molecule is O=C(NCC1OCCCN1S(=O)(=O)c1ccccc1)C(=O)NC1CC1. The van der Waals surface area contributed by atoms with Crippen molar-refractivity contribution in [2.24, 2.45) is 0 Å². The summed E-state index contributed by atoms with van der Waals surface area (Å²) in [7, 11) is -3.73. The second kappa shape index (κ2) is 7.51. The van der Waals surface area contributed by atoms with Crippen LogP contribution in [0, 0.1) is 0 Å². The zero-order valence-electron chi connectivity index (χ0n) is 13.7. The van der Waals surface area contributed by atoms with E-state index in [-0.39, 0.29) is 17.5 Å². The summed E-state index contributed by atoms with van der Waals surface area (Å²) in [6.45, 7) is 0.616. The van der Waals surface area contributed by atoms with Gasteiger partial charge in [-0.1, -0.05) is 18.2 Å². The van der Waals surface area contributed by atoms with E-state index >= 15 is 0 Å². The van der Waals surface area contributed by atoms with E-state index in [4.69, 9.17) is 4.74 Å². The number of carbonyl (C=O) groups is 2. The van der Waals surface area contributed by atoms with Gasteiger partial charge in [0.2, 0.25) is 10.0 Å². The largest absolute Gasteiger partial charge is 0.360 e. The van der Waals surface area contributed by atoms with Gasteiger partial charge < -0.3 is 15.4 Å². The van der Waals surface area contributed by atoms with E-state index < -0.39 is 28.1 Å². The Balaban J connectivity index is 1.64. The minimum atomic E-state index is -3.73. The van der Waals surface area contributed by atoms with E-state index in [0.717, 1.165) is 12.8 Å². The highest BCUT2D eigenvalue weighted by Gasteiger charge is 2.35. The van der Waals surface area contributed by atoms with E-state index in [1.165, 1.54) is 16.4 Å². The van der Waals surface area contributed by atoms with Gasteiger partial charge in [-0.25, -0.2) is 8.42 Å². The van der Waals surface area contributed by atoms with Crippen LogP contribution in [0.2, 0.25) is 0 Å². The summed E-state index contributed by atoms with van der Waals surface area (Å²) >= 11 is 0. The number of ether oxygens (including phenoxy) is 1. The monoisotopic (exact) mass is 367 g/mol. The number of carbonyl (C=O) groups excluding carboxylic acids is 2. The lowest BCUT2D eigenvalue weighted by molar-refractivity contribution is -0.140. The Labute approximate surface area is 146 Å². The van der Waals surface area contributed by atoms with Gasteiger partial charge >= 0.3 is 11.8 Å². The first-order valence-electron chi connectivity index (χ1n) is 8.25. The van der Waals surface area contributed by atoms with E-state index in [1.807, 2.05) is 0 Å². The van der Waals surface area contributed by atoms with Gasteiger partial charge in [0.15, 0.2) is 0 Å². The molecule has 0 spiro atoms. The summed E-state index contributed by atoms with van der Waals surface area (Å²) in [5, 5.41) is 5.04. The molecule has 8 nitrogen and oxygen atoms in total. The Morgan fingerprint density at radius 1 is 1.16 bits per heavy atom. The summed E-state index contributed by atoms with van der Waals surface area (Å²) in [5.41, 5.74) is 0. The summed E-state index contributed by atoms with van der Waals surface area (Å²) in [6, 6.07) is 8.15. The van der Waals surface area contributed by atoms with Crippen LogP contribution >= 0.6 is 0 Å². The highest BCUT2D eigenvalue weighted by atomic mass is 32.2. The van der Waals surface area contributed by atoms with Crippen molar-refractivity contribution in [3.05, 3.63) is 30.3 Å². The fourth-order valence-corrected chi connectivity index (χ4v) is 4.16. The highest BCUT2D eigenvalue weighted by Crippen LogP contribution is 2.22. The topological polar surface area (TPSA) is 105 Å². The number of hydrogen-bond acceptors (Lipinski definition) is 5. The molecule has 0 bridgehead atoms. The second-order valence-corrected chi connectivity index (χ2v) is 7.96. The van der Waals surface area contributed by atoms with Gasteiger partial charge in [-0.05, 0) is 31.4 Å². The molecule has 0 aromatic heterocycles. The molecule has 1 aromatic carbocycles. The van der Waals surface area contributed by atoms with Crippen molar-refractivity contribution in [1.82, 2.24) is 14.9 Å². The maximum atomic E-state index is 12.8. The molecule has 2 fully saturated rings. The summed E-state index contributed by atoms with van der Waals surface area (Å²) < 4.78 is 32.3. The first-order valence-corrected chi connectivity index (χ1v) is 9.69. The number of hydrogen-bond donors (Lipinski definition) is 2. The van der Waals surface area contributed by atoms with Crippen molar-refractivity contribution in [1.29, 1.82) is 0 Å². The smallest absolute Gasteiger partial charge is 0.309 e. The Kier molecular flexibility index (Phi) is 5.36. The molecule has 1 atom stereocenters. The lowest BCUT2D eigenvalue weighted by Gasteiger charge is -2.34. The van der Waals surface area contributed by atoms with Crippen molar-refractivity contribution in [2.75, 3.05) is 19.7 Å². The van der Waals surface area contributed by atoms with Gasteiger partial charge in [0.25, 0.3) is 0 Å². The maximum absolute atomic E-state index is 12.8. The highest BCUT2D eigenvalue weighted by molar-refractivity contribution is 7.89. The molecule has 1 saturated carbocycles. The predicted molar refractivity (Wildman–Crippen MR) is 88.9 cm³/mol. The second-order valence-electron chi connectivity index (χ2n) is 6.07. The van der Waals surface area contributed by atoms with Crippen molar-refractivity contribution >= 4 is 21.8 Å². The van der Waals surface area contributed by atoms with E-state index in [2.05, 4.69) is 10.6 Å². The third kappa shape index (κ3) is 4.36. The van der Waals surface area contributed by atoms with Crippen molar-refractivity contribution in [3.8, 4) is 0 Å². The van der Waals surface area contributed by atoms with Crippen LogP contribution in [0.4, 0.5) is 0 Å². The third-order valence-corrected chi connectivity index (χ3v) is 5.96. The van der Waals surface area contributed by atoms with Gasteiger partial charge in [0, 0.05) is 12.6 Å². The minimum absolute atomic E-state index is 0.0804. The summed E-state index contributed by atoms with van der Waals surface area (Å²) in [6.07, 6.45) is 1.50. The maximum Gasteiger partial charge on any atom is 0.309 e. The van der Waals surface area contributed by atoms with E-state index in [9.17, 15) is 18.0 Å². The van der Waals surface area contributed by atoms with Crippen LogP contribution in [0.15, 0.2) is 35.2 Å². The van der Waals surface area contributed by atoms with Gasteiger partial charge in [0.1, 0.15) is 6.23 Å². The molecule has 0 radical (unpaired) electrons. The van der Waals surface area contributed by atoms with E-state index in [1.54, 1.807) is 18.2 Å². The average Bonchev–Trinajstić information content (AvgIpc) is 3.44. The van der Waals surface area contributed by atoms with Crippen LogP contribution in [-0.2, 0) is 24.3 Å². The zero-order chi connectivity index (χ0) is 17.9. The molecule has 1 aliphatic heterocycles. The quantitative estimate of drug-likeness (QED) is 0.703. The van der Waals surface area contributed by atoms with Gasteiger partial charge in [-0.3, -0.25) is 9.59 Å². The molecule has 136 valence electrons. The first kappa shape index (κ1) is 17.8. The Bertz CT molecular complexity index is 733. The van der Waals surface area contributed by atoms with Gasteiger partial charge in [-0.15, -0.1) is 0 Å². The summed E-state index contributed by atoms with van der Waals surface area (Å²) in [5.74, 6) is -1.48. The average molecular weight is 367 g/mol. The molecule has 1 aromatic rings. The summed E-state index contributed by atoms with van der Waals surface area (Å²) in [4.78, 5) is 23.7. The van der Waals surface area contributed by atoms with Gasteiger partial charge in [-0.2, -0.15) is 4.31 Å². The Hall–Kier alpha value is -1.97. The molecular formula is C16H21N3O5S. The zero-order valence-corrected chi connectivity index (χ0v) is 14.5. The molecule has 2 aliphatic rings. The van der Waals surface area contributed by atoms with Crippen LogP contribution in [0.3, 0.4) is 0 Å². The fraction of sp³-hybridized carbons (Fsp3) is 0.500. The van der Waals surface area contributed by atoms with Crippen LogP contribution in [0.25, 0.3) is 0 Å². The number of benzene rings is 1. The number of nitrogens with zero attached hydrogens (tertiary/aromatic N) is 1. The molecule has 2 N–H and O–H groups in total. The van der Waals surface area contributed by atoms with E-state index in [0.29, 0.717) is 19.6 Å².